The van der Waals surface area contributed by atoms with E-state index in [0.717, 1.165) is 50.6 Å². The van der Waals surface area contributed by atoms with Crippen LogP contribution in [0.1, 0.15) is 23.7 Å². The summed E-state index contributed by atoms with van der Waals surface area (Å²) in [4.78, 5) is 0. The molecule has 3 unspecified atom stereocenters. The van der Waals surface area contributed by atoms with Crippen LogP contribution in [0.25, 0.3) is 84.5 Å². The fraction of sp³-hybridized carbons (Fsp3) is 0.0980. The third kappa shape index (κ3) is 6.00. The minimum atomic E-state index is -0.299. The summed E-state index contributed by atoms with van der Waals surface area (Å²) in [6.07, 6.45) is 9.32. The molecule has 10 aromatic rings. The first-order chi connectivity index (χ1) is 28.2. The Morgan fingerprint density at radius 1 is 0.614 bits per heavy atom. The van der Waals surface area contributed by atoms with E-state index in [1.807, 2.05) is 40.9 Å². The Morgan fingerprint density at radius 2 is 1.33 bits per heavy atom. The normalized spacial score (nSPS) is 15.5. The zero-order chi connectivity index (χ0) is 37.9. The van der Waals surface area contributed by atoms with E-state index in [9.17, 15) is 0 Å². The summed E-state index contributed by atoms with van der Waals surface area (Å²) in [5.41, 5.74) is 15.5. The number of fused-ring (bicyclic) bond motifs is 9. The van der Waals surface area contributed by atoms with Gasteiger partial charge in [-0.25, -0.2) is 0 Å². The predicted octanol–water partition coefficient (Wildman–Crippen LogP) is 13.5. The summed E-state index contributed by atoms with van der Waals surface area (Å²) in [7, 11) is 0. The van der Waals surface area contributed by atoms with Gasteiger partial charge in [-0.2, -0.15) is 0 Å². The Bertz CT molecular complexity index is 3190. The fourth-order valence-electron chi connectivity index (χ4n) is 8.77. The molecule has 4 nitrogen and oxygen atoms in total. The Morgan fingerprint density at radius 3 is 2.21 bits per heavy atom. The smallest absolute Gasteiger partial charge is 0.143 e. The molecule has 0 bridgehead atoms. The van der Waals surface area contributed by atoms with Crippen molar-refractivity contribution in [2.24, 2.45) is 11.7 Å². The zero-order valence-corrected chi connectivity index (χ0v) is 32.7. The van der Waals surface area contributed by atoms with E-state index in [0.29, 0.717) is 6.54 Å². The lowest BCUT2D eigenvalue weighted by molar-refractivity contribution is 0.307. The van der Waals surface area contributed by atoms with E-state index in [1.54, 1.807) is 0 Å². The van der Waals surface area contributed by atoms with E-state index in [4.69, 9.17) is 10.2 Å². The first-order valence-corrected chi connectivity index (χ1v) is 21.2. The van der Waals surface area contributed by atoms with E-state index < -0.39 is 0 Å². The van der Waals surface area contributed by atoms with Crippen molar-refractivity contribution >= 4 is 85.0 Å². The quantitative estimate of drug-likeness (QED) is 0.128. The molecule has 11 rings (SSSR count). The first kappa shape index (κ1) is 34.4. The largest absolute Gasteiger partial charge is 0.455 e. The lowest BCUT2D eigenvalue weighted by atomic mass is 9.96. The molecule has 276 valence electrons. The second-order valence-electron chi connectivity index (χ2n) is 15.0. The molecule has 0 radical (unpaired) electrons. The summed E-state index contributed by atoms with van der Waals surface area (Å²) < 4.78 is 12.2. The van der Waals surface area contributed by atoms with Gasteiger partial charge in [-0.05, 0) is 47.4 Å². The number of nitrogens with one attached hydrogen (secondary N) is 2. The molecule has 3 aromatic heterocycles. The molecule has 7 aromatic carbocycles. The van der Waals surface area contributed by atoms with Crippen LogP contribution in [-0.2, 0) is 6.54 Å². The average Bonchev–Trinajstić information content (AvgIpc) is 3.97. The highest BCUT2D eigenvalue weighted by Gasteiger charge is 2.23. The molecule has 0 amide bonds. The summed E-state index contributed by atoms with van der Waals surface area (Å²) in [6.45, 7) is 0.629. The highest BCUT2D eigenvalue weighted by atomic mass is 32.1. The topological polar surface area (TPSA) is 63.2 Å². The minimum absolute atomic E-state index is 0.0400. The number of para-hydroxylation sites is 2. The minimum Gasteiger partial charge on any atom is -0.455 e. The monoisotopic (exact) mass is 773 g/mol. The lowest BCUT2D eigenvalue weighted by Crippen LogP contribution is -2.50. The van der Waals surface area contributed by atoms with E-state index in [1.165, 1.54) is 51.5 Å². The summed E-state index contributed by atoms with van der Waals surface area (Å²) in [6, 6.07) is 52.5. The van der Waals surface area contributed by atoms with Gasteiger partial charge in [0, 0.05) is 80.3 Å². The fourth-order valence-corrected chi connectivity index (χ4v) is 11.1. The van der Waals surface area contributed by atoms with Crippen LogP contribution >= 0.6 is 22.7 Å². The third-order valence-electron chi connectivity index (χ3n) is 11.6. The van der Waals surface area contributed by atoms with Crippen molar-refractivity contribution in [3.05, 3.63) is 181 Å². The van der Waals surface area contributed by atoms with Gasteiger partial charge in [-0.1, -0.05) is 146 Å². The third-order valence-corrected chi connectivity index (χ3v) is 13.9. The highest BCUT2D eigenvalue weighted by Crippen LogP contribution is 2.46. The molecule has 0 saturated heterocycles. The molecule has 3 heterocycles. The van der Waals surface area contributed by atoms with Gasteiger partial charge in [0.05, 0.1) is 12.3 Å². The van der Waals surface area contributed by atoms with Crippen LogP contribution in [0.15, 0.2) is 174 Å². The van der Waals surface area contributed by atoms with Gasteiger partial charge in [0.25, 0.3) is 0 Å². The zero-order valence-electron chi connectivity index (χ0n) is 31.1. The summed E-state index contributed by atoms with van der Waals surface area (Å²) >= 11 is 3.76. The summed E-state index contributed by atoms with van der Waals surface area (Å²) in [5.74, 6) is 0.259. The molecular weight excluding hydrogens is 735 g/mol. The van der Waals surface area contributed by atoms with E-state index in [2.05, 4.69) is 162 Å². The number of hydrogen-bond acceptors (Lipinski definition) is 6. The number of nitrogens with two attached hydrogens (primary N) is 1. The lowest BCUT2D eigenvalue weighted by Gasteiger charge is -2.30. The van der Waals surface area contributed by atoms with Crippen molar-refractivity contribution < 1.29 is 4.42 Å². The number of rotatable bonds is 9. The Balaban J connectivity index is 0.959. The number of hydrogen-bond donors (Lipinski definition) is 3. The van der Waals surface area contributed by atoms with Crippen LogP contribution in [-0.4, -0.2) is 6.17 Å². The first-order valence-electron chi connectivity index (χ1n) is 19.6. The van der Waals surface area contributed by atoms with Crippen LogP contribution in [0.5, 0.6) is 0 Å². The number of allylic oxidation sites excluding steroid dienone is 3. The van der Waals surface area contributed by atoms with Crippen molar-refractivity contribution in [1.29, 1.82) is 0 Å². The molecule has 0 saturated carbocycles. The van der Waals surface area contributed by atoms with Gasteiger partial charge in [-0.3, -0.25) is 10.6 Å². The van der Waals surface area contributed by atoms with Crippen molar-refractivity contribution in [1.82, 2.24) is 10.6 Å². The molecule has 4 N–H and O–H groups in total. The van der Waals surface area contributed by atoms with Gasteiger partial charge in [-0.15, -0.1) is 22.7 Å². The highest BCUT2D eigenvalue weighted by molar-refractivity contribution is 7.26. The van der Waals surface area contributed by atoms with Crippen LogP contribution in [0.4, 0.5) is 0 Å². The number of furan rings is 1. The standard InChI is InChI=1S/C51H39N3OS2/c52-50(31-13-3-1-4-14-31)54-51(32-15-5-2-6-16-32)53-30-34-17-9-21-37-38-22-10-19-35(48(38)55-47(34)37)33-27-28-44-42(29-33)40-24-11-23-39(49(40)57-44)36-20-12-26-45-46(36)41-18-7-8-25-43(41)56-45/h1-15,17-29,32,50-51,53-54H,16,30,52H2. The molecule has 0 spiro atoms. The van der Waals surface area contributed by atoms with Crippen molar-refractivity contribution in [2.45, 2.75) is 25.3 Å². The Hall–Kier alpha value is -5.86. The second kappa shape index (κ2) is 14.3. The van der Waals surface area contributed by atoms with E-state index >= 15 is 0 Å². The van der Waals surface area contributed by atoms with Crippen LogP contribution in [0.3, 0.4) is 0 Å². The Kier molecular flexibility index (Phi) is 8.61. The SMILES string of the molecule is NC(NC(NCc1cccc2c1oc1c(-c3ccc4sc5c(-c6cccc7sc8ccccc8c67)cccc5c4c3)cccc12)C1C=CC=CC1)c1ccccc1. The van der Waals surface area contributed by atoms with Crippen LogP contribution in [0.2, 0.25) is 0 Å². The van der Waals surface area contributed by atoms with Crippen LogP contribution in [0, 0.1) is 5.92 Å². The van der Waals surface area contributed by atoms with Gasteiger partial charge < -0.3 is 10.2 Å². The number of thiophene rings is 2. The van der Waals surface area contributed by atoms with Gasteiger partial charge in [0.1, 0.15) is 11.2 Å². The Labute approximate surface area is 338 Å². The summed E-state index contributed by atoms with van der Waals surface area (Å²) in [5, 5.41) is 15.0. The van der Waals surface area contributed by atoms with Crippen molar-refractivity contribution in [3.8, 4) is 22.3 Å². The van der Waals surface area contributed by atoms with Crippen LogP contribution < -0.4 is 16.4 Å². The molecule has 1 aliphatic rings. The molecule has 1 aliphatic carbocycles. The van der Waals surface area contributed by atoms with Gasteiger partial charge in [0.2, 0.25) is 0 Å². The predicted molar refractivity (Wildman–Crippen MR) is 244 cm³/mol. The molecular formula is C51H39N3OS2. The molecule has 0 fully saturated rings. The maximum atomic E-state index is 6.92. The van der Waals surface area contributed by atoms with Crippen molar-refractivity contribution in [2.75, 3.05) is 0 Å². The van der Waals surface area contributed by atoms with E-state index in [-0.39, 0.29) is 18.2 Å². The molecule has 57 heavy (non-hydrogen) atoms. The van der Waals surface area contributed by atoms with Gasteiger partial charge in [0.15, 0.2) is 0 Å². The molecule has 0 aliphatic heterocycles. The average molecular weight is 774 g/mol. The second-order valence-corrected chi connectivity index (χ2v) is 17.1. The molecule has 6 heteroatoms. The van der Waals surface area contributed by atoms with Crippen molar-refractivity contribution in [3.63, 3.8) is 0 Å². The van der Waals surface area contributed by atoms with Gasteiger partial charge >= 0.3 is 0 Å². The number of benzene rings is 7. The molecule has 3 atom stereocenters. The maximum Gasteiger partial charge on any atom is 0.143 e. The maximum absolute atomic E-state index is 6.92.